The summed E-state index contributed by atoms with van der Waals surface area (Å²) < 4.78 is 5.23. The van der Waals surface area contributed by atoms with Gasteiger partial charge in [0.15, 0.2) is 0 Å². The highest BCUT2D eigenvalue weighted by molar-refractivity contribution is 5.78. The fourth-order valence-corrected chi connectivity index (χ4v) is 4.09. The lowest BCUT2D eigenvalue weighted by molar-refractivity contribution is -0.134. The second kappa shape index (κ2) is 8.76. The van der Waals surface area contributed by atoms with Crippen LogP contribution in [0.15, 0.2) is 24.3 Å². The average molecular weight is 360 g/mol. The fraction of sp³-hybridized carbons (Fsp3) is 0.667. The van der Waals surface area contributed by atoms with Crippen LogP contribution >= 0.6 is 0 Å². The Hall–Kier alpha value is -1.75. The number of likely N-dealkylation sites (N-methyl/N-ethyl adjacent to an activating group) is 1. The summed E-state index contributed by atoms with van der Waals surface area (Å²) in [4.78, 5) is 19.4. The predicted octanol–water partition coefficient (Wildman–Crippen LogP) is 2.85. The summed E-state index contributed by atoms with van der Waals surface area (Å²) in [6.07, 6.45) is 4.83. The minimum absolute atomic E-state index is 0.280. The number of carbonyl (C=O) groups is 1. The Morgan fingerprint density at radius 1 is 1.08 bits per heavy atom. The van der Waals surface area contributed by atoms with Gasteiger partial charge in [-0.15, -0.1) is 0 Å². The van der Waals surface area contributed by atoms with E-state index in [1.807, 2.05) is 24.1 Å². The molecule has 2 aliphatic rings. The Morgan fingerprint density at radius 2 is 1.69 bits per heavy atom. The summed E-state index contributed by atoms with van der Waals surface area (Å²) in [6, 6.07) is 8.67. The van der Waals surface area contributed by atoms with E-state index in [2.05, 4.69) is 28.9 Å². The first-order chi connectivity index (χ1) is 12.6. The molecule has 1 saturated heterocycles. The normalized spacial score (nSPS) is 24.3. The molecule has 5 nitrogen and oxygen atoms in total. The third kappa shape index (κ3) is 4.70. The first kappa shape index (κ1) is 19.0. The molecule has 5 heteroatoms. The molecule has 1 aliphatic heterocycles. The number of amides is 1. The average Bonchev–Trinajstić information content (AvgIpc) is 2.68. The Balaban J connectivity index is 1.45. The lowest BCUT2D eigenvalue weighted by Gasteiger charge is -2.38. The topological polar surface area (TPSA) is 36.0 Å². The smallest absolute Gasteiger partial charge is 0.236 e. The molecule has 1 saturated carbocycles. The second-order valence-electron chi connectivity index (χ2n) is 7.88. The summed E-state index contributed by atoms with van der Waals surface area (Å²) >= 11 is 0. The molecule has 1 aliphatic carbocycles. The number of methoxy groups -OCH3 is 1. The van der Waals surface area contributed by atoms with Crippen LogP contribution in [0.4, 0.5) is 5.69 Å². The summed E-state index contributed by atoms with van der Waals surface area (Å²) in [5, 5.41) is 0. The number of anilines is 1. The van der Waals surface area contributed by atoms with Gasteiger partial charge in [0.25, 0.3) is 0 Å². The molecule has 1 aromatic carbocycles. The highest BCUT2D eigenvalue weighted by Gasteiger charge is 2.26. The number of carbonyl (C=O) groups excluding carboxylic acids is 1. The predicted molar refractivity (Wildman–Crippen MR) is 106 cm³/mol. The molecule has 0 radical (unpaired) electrons. The Labute approximate surface area is 157 Å². The van der Waals surface area contributed by atoms with Crippen LogP contribution in [0.25, 0.3) is 0 Å². The van der Waals surface area contributed by atoms with E-state index < -0.39 is 0 Å². The van der Waals surface area contributed by atoms with Gasteiger partial charge in [-0.2, -0.15) is 0 Å². The minimum atomic E-state index is 0.280. The first-order valence-electron chi connectivity index (χ1n) is 9.94. The van der Waals surface area contributed by atoms with Gasteiger partial charge in [0.1, 0.15) is 5.75 Å². The lowest BCUT2D eigenvalue weighted by Crippen LogP contribution is -2.51. The van der Waals surface area contributed by atoms with Gasteiger partial charge in [-0.1, -0.05) is 6.92 Å². The maximum atomic E-state index is 12.7. The van der Waals surface area contributed by atoms with Gasteiger partial charge in [0.05, 0.1) is 13.7 Å². The van der Waals surface area contributed by atoms with Crippen LogP contribution in [0, 0.1) is 5.92 Å². The molecule has 26 heavy (non-hydrogen) atoms. The Morgan fingerprint density at radius 3 is 2.27 bits per heavy atom. The van der Waals surface area contributed by atoms with E-state index in [-0.39, 0.29) is 5.91 Å². The third-order valence-electron chi connectivity index (χ3n) is 6.10. The zero-order valence-corrected chi connectivity index (χ0v) is 16.5. The van der Waals surface area contributed by atoms with Crippen molar-refractivity contribution in [3.05, 3.63) is 24.3 Å². The number of piperazine rings is 1. The summed E-state index contributed by atoms with van der Waals surface area (Å²) in [7, 11) is 3.69. The van der Waals surface area contributed by atoms with E-state index in [0.717, 1.165) is 50.7 Å². The van der Waals surface area contributed by atoms with Crippen molar-refractivity contribution >= 4 is 11.6 Å². The summed E-state index contributed by atoms with van der Waals surface area (Å²) in [6.45, 7) is 6.68. The lowest BCUT2D eigenvalue weighted by atomic mass is 9.87. The highest BCUT2D eigenvalue weighted by atomic mass is 16.5. The number of hydrogen-bond acceptors (Lipinski definition) is 4. The van der Waals surface area contributed by atoms with Crippen molar-refractivity contribution < 1.29 is 9.53 Å². The quantitative estimate of drug-likeness (QED) is 0.810. The van der Waals surface area contributed by atoms with Crippen molar-refractivity contribution in [1.29, 1.82) is 0 Å². The molecular formula is C21H33N3O2. The van der Waals surface area contributed by atoms with Crippen LogP contribution in [0.5, 0.6) is 5.75 Å². The minimum Gasteiger partial charge on any atom is -0.497 e. The molecular weight excluding hydrogens is 326 g/mol. The molecule has 1 heterocycles. The van der Waals surface area contributed by atoms with E-state index in [1.165, 1.54) is 18.5 Å². The van der Waals surface area contributed by atoms with Crippen LogP contribution in [-0.2, 0) is 4.79 Å². The SMILES string of the molecule is COc1ccc(N2CCN(CC(=O)N(C)C3CCC(C)CC3)CC2)cc1. The third-order valence-corrected chi connectivity index (χ3v) is 6.10. The Kier molecular flexibility index (Phi) is 6.41. The van der Waals surface area contributed by atoms with E-state index in [0.29, 0.717) is 12.6 Å². The van der Waals surface area contributed by atoms with Crippen LogP contribution in [0.1, 0.15) is 32.6 Å². The summed E-state index contributed by atoms with van der Waals surface area (Å²) in [5.41, 5.74) is 1.23. The first-order valence-corrected chi connectivity index (χ1v) is 9.94. The molecule has 2 fully saturated rings. The molecule has 144 valence electrons. The van der Waals surface area contributed by atoms with E-state index in [9.17, 15) is 4.79 Å². The molecule has 0 atom stereocenters. The summed E-state index contributed by atoms with van der Waals surface area (Å²) in [5.74, 6) is 1.99. The van der Waals surface area contributed by atoms with Crippen LogP contribution in [0.3, 0.4) is 0 Å². The monoisotopic (exact) mass is 359 g/mol. The van der Waals surface area contributed by atoms with Crippen molar-refractivity contribution in [3.63, 3.8) is 0 Å². The maximum absolute atomic E-state index is 12.7. The van der Waals surface area contributed by atoms with Gasteiger partial charge in [-0.05, 0) is 55.9 Å². The van der Waals surface area contributed by atoms with E-state index >= 15 is 0 Å². The van der Waals surface area contributed by atoms with Crippen molar-refractivity contribution in [1.82, 2.24) is 9.80 Å². The van der Waals surface area contributed by atoms with Crippen LogP contribution in [0.2, 0.25) is 0 Å². The fourth-order valence-electron chi connectivity index (χ4n) is 4.09. The maximum Gasteiger partial charge on any atom is 0.236 e. The highest BCUT2D eigenvalue weighted by Crippen LogP contribution is 2.26. The van der Waals surface area contributed by atoms with Crippen molar-refractivity contribution in [2.75, 3.05) is 51.8 Å². The molecule has 0 N–H and O–H groups in total. The van der Waals surface area contributed by atoms with Gasteiger partial charge in [-0.3, -0.25) is 9.69 Å². The second-order valence-corrected chi connectivity index (χ2v) is 7.88. The van der Waals surface area contributed by atoms with Gasteiger partial charge in [0, 0.05) is 45.0 Å². The number of hydrogen-bond donors (Lipinski definition) is 0. The number of rotatable bonds is 5. The molecule has 0 spiro atoms. The van der Waals surface area contributed by atoms with Crippen molar-refractivity contribution in [3.8, 4) is 5.75 Å². The molecule has 1 amide bonds. The molecule has 0 unspecified atom stereocenters. The van der Waals surface area contributed by atoms with Gasteiger partial charge < -0.3 is 14.5 Å². The Bertz CT molecular complexity index is 573. The molecule has 3 rings (SSSR count). The molecule has 0 bridgehead atoms. The van der Waals surface area contributed by atoms with Gasteiger partial charge >= 0.3 is 0 Å². The molecule has 1 aromatic rings. The zero-order valence-electron chi connectivity index (χ0n) is 16.5. The standard InChI is InChI=1S/C21H33N3O2/c1-17-4-6-18(7-5-17)22(2)21(25)16-23-12-14-24(15-13-23)19-8-10-20(26-3)11-9-19/h8-11,17-18H,4-7,12-16H2,1-3H3. The molecule has 0 aromatic heterocycles. The van der Waals surface area contributed by atoms with Crippen LogP contribution in [-0.4, -0.2) is 68.6 Å². The van der Waals surface area contributed by atoms with Gasteiger partial charge in [0.2, 0.25) is 5.91 Å². The van der Waals surface area contributed by atoms with Crippen molar-refractivity contribution in [2.45, 2.75) is 38.6 Å². The van der Waals surface area contributed by atoms with Crippen LogP contribution < -0.4 is 9.64 Å². The number of benzene rings is 1. The zero-order chi connectivity index (χ0) is 18.5. The largest absolute Gasteiger partial charge is 0.497 e. The number of nitrogens with zero attached hydrogens (tertiary/aromatic N) is 3. The van der Waals surface area contributed by atoms with E-state index in [1.54, 1.807) is 7.11 Å². The van der Waals surface area contributed by atoms with E-state index in [4.69, 9.17) is 4.74 Å². The number of ether oxygens (including phenoxy) is 1. The van der Waals surface area contributed by atoms with Crippen molar-refractivity contribution in [2.24, 2.45) is 5.92 Å². The van der Waals surface area contributed by atoms with Gasteiger partial charge in [-0.25, -0.2) is 0 Å².